The topological polar surface area (TPSA) is 102 Å². The second-order valence-electron chi connectivity index (χ2n) is 6.77. The van der Waals surface area contributed by atoms with Gasteiger partial charge < -0.3 is 24.7 Å². The molecule has 0 amide bonds. The molecule has 0 radical (unpaired) electrons. The fourth-order valence-electron chi connectivity index (χ4n) is 3.54. The summed E-state index contributed by atoms with van der Waals surface area (Å²) in [5.41, 5.74) is 9.78. The van der Waals surface area contributed by atoms with Gasteiger partial charge in [-0.05, 0) is 57.4 Å². The highest BCUT2D eigenvalue weighted by Crippen LogP contribution is 2.43. The zero-order valence-electron chi connectivity index (χ0n) is 18.0. The Hall–Kier alpha value is -3.59. The van der Waals surface area contributed by atoms with Crippen molar-refractivity contribution in [2.45, 2.75) is 0 Å². The predicted octanol–water partition coefficient (Wildman–Crippen LogP) is 4.74. The zero-order chi connectivity index (χ0) is 22.8. The molecule has 4 aromatic rings. The van der Waals surface area contributed by atoms with Gasteiger partial charge in [-0.1, -0.05) is 0 Å². The van der Waals surface area contributed by atoms with Gasteiger partial charge in [0.2, 0.25) is 0 Å². The molecule has 0 fully saturated rings. The van der Waals surface area contributed by atoms with Gasteiger partial charge in [0.1, 0.15) is 23.6 Å². The number of hydrogen-bond donors (Lipinski definition) is 1. The van der Waals surface area contributed by atoms with E-state index in [1.165, 1.54) is 6.33 Å². The normalized spacial score (nSPS) is 10.8. The van der Waals surface area contributed by atoms with Gasteiger partial charge >= 0.3 is 0 Å². The van der Waals surface area contributed by atoms with Crippen LogP contribution in [-0.2, 0) is 0 Å². The van der Waals surface area contributed by atoms with Crippen LogP contribution < -0.4 is 24.7 Å². The smallest absolute Gasteiger partial charge is 0.174 e. The van der Waals surface area contributed by atoms with Crippen molar-refractivity contribution in [3.8, 4) is 45.4 Å². The summed E-state index contributed by atoms with van der Waals surface area (Å²) >= 11 is 3.56. The lowest BCUT2D eigenvalue weighted by Gasteiger charge is -2.16. The second kappa shape index (κ2) is 8.88. The molecule has 4 rings (SSSR count). The number of ether oxygens (including phenoxy) is 4. The third-order valence-corrected chi connectivity index (χ3v) is 5.65. The lowest BCUT2D eigenvalue weighted by atomic mass is 9.99. The van der Waals surface area contributed by atoms with E-state index in [1.54, 1.807) is 28.4 Å². The van der Waals surface area contributed by atoms with Crippen LogP contribution in [0.4, 0.5) is 5.82 Å². The first-order valence-corrected chi connectivity index (χ1v) is 10.4. The SMILES string of the molecule is COc1ccc(-c2cc(-c3cc(Br)c(OC)c(OC)c3)c3c(N)ncnc3n2)c(OC)c1. The molecule has 8 nitrogen and oxygen atoms in total. The standard InChI is InChI=1S/C23H21BrN4O4/c1-29-13-5-6-14(18(9-13)30-2)17-10-15(20-22(25)26-11-27-23(20)28-17)12-7-16(24)21(32-4)19(8-12)31-3/h5-11H,1-4H3,(H2,25,26,27,28). The van der Waals surface area contributed by atoms with Crippen molar-refractivity contribution in [1.82, 2.24) is 15.0 Å². The lowest BCUT2D eigenvalue weighted by molar-refractivity contribution is 0.353. The Balaban J connectivity index is 2.03. The van der Waals surface area contributed by atoms with Crippen LogP contribution in [0.25, 0.3) is 33.4 Å². The maximum absolute atomic E-state index is 6.24. The van der Waals surface area contributed by atoms with Gasteiger partial charge in [-0.2, -0.15) is 0 Å². The first-order valence-electron chi connectivity index (χ1n) is 9.56. The highest BCUT2D eigenvalue weighted by Gasteiger charge is 2.19. The fraction of sp³-hybridized carbons (Fsp3) is 0.174. The van der Waals surface area contributed by atoms with E-state index in [0.717, 1.165) is 21.2 Å². The number of halogens is 1. The Morgan fingerprint density at radius 3 is 2.28 bits per heavy atom. The molecule has 2 aromatic carbocycles. The minimum atomic E-state index is 0.330. The first-order chi connectivity index (χ1) is 15.5. The molecule has 0 saturated carbocycles. The Bertz CT molecular complexity index is 1310. The quantitative estimate of drug-likeness (QED) is 0.408. The molecule has 0 saturated heterocycles. The van der Waals surface area contributed by atoms with Crippen molar-refractivity contribution in [2.24, 2.45) is 0 Å². The van der Waals surface area contributed by atoms with Gasteiger partial charge in [0.25, 0.3) is 0 Å². The number of hydrogen-bond acceptors (Lipinski definition) is 8. The number of rotatable bonds is 6. The van der Waals surface area contributed by atoms with Gasteiger partial charge in [0.05, 0.1) is 44.0 Å². The largest absolute Gasteiger partial charge is 0.497 e. The molecule has 0 unspecified atom stereocenters. The van der Waals surface area contributed by atoms with Crippen LogP contribution in [0.1, 0.15) is 0 Å². The summed E-state index contributed by atoms with van der Waals surface area (Å²) in [4.78, 5) is 13.3. The highest BCUT2D eigenvalue weighted by molar-refractivity contribution is 9.10. The van der Waals surface area contributed by atoms with Crippen molar-refractivity contribution < 1.29 is 18.9 Å². The molecule has 0 atom stereocenters. The van der Waals surface area contributed by atoms with E-state index in [9.17, 15) is 0 Å². The van der Waals surface area contributed by atoms with Gasteiger partial charge in [0, 0.05) is 11.6 Å². The van der Waals surface area contributed by atoms with Crippen LogP contribution in [-0.4, -0.2) is 43.4 Å². The van der Waals surface area contributed by atoms with Crippen LogP contribution in [0, 0.1) is 0 Å². The molecule has 9 heteroatoms. The lowest BCUT2D eigenvalue weighted by Crippen LogP contribution is -2.00. The number of pyridine rings is 1. The van der Waals surface area contributed by atoms with E-state index in [4.69, 9.17) is 29.7 Å². The average Bonchev–Trinajstić information content (AvgIpc) is 2.82. The molecule has 2 heterocycles. The minimum Gasteiger partial charge on any atom is -0.497 e. The Kier molecular flexibility index (Phi) is 6.00. The summed E-state index contributed by atoms with van der Waals surface area (Å²) in [6.07, 6.45) is 1.40. The Labute approximate surface area is 193 Å². The van der Waals surface area contributed by atoms with Crippen LogP contribution in [0.3, 0.4) is 0 Å². The zero-order valence-corrected chi connectivity index (χ0v) is 19.6. The molecule has 2 N–H and O–H groups in total. The molecular formula is C23H21BrN4O4. The maximum atomic E-state index is 6.24. The summed E-state index contributed by atoms with van der Waals surface area (Å²) in [5.74, 6) is 2.80. The van der Waals surface area contributed by atoms with Crippen LogP contribution in [0.2, 0.25) is 0 Å². The fourth-order valence-corrected chi connectivity index (χ4v) is 4.14. The first kappa shape index (κ1) is 21.6. The number of aromatic nitrogens is 3. The number of nitrogen functional groups attached to an aromatic ring is 1. The molecule has 0 aliphatic heterocycles. The van der Waals surface area contributed by atoms with Crippen molar-refractivity contribution >= 4 is 32.8 Å². The molecule has 0 aliphatic carbocycles. The van der Waals surface area contributed by atoms with E-state index in [2.05, 4.69) is 25.9 Å². The molecule has 2 aromatic heterocycles. The number of anilines is 1. The molecule has 164 valence electrons. The molecule has 0 bridgehead atoms. The third kappa shape index (κ3) is 3.75. The third-order valence-electron chi connectivity index (χ3n) is 5.06. The van der Waals surface area contributed by atoms with Crippen LogP contribution in [0.15, 0.2) is 47.2 Å². The monoisotopic (exact) mass is 496 g/mol. The molecule has 32 heavy (non-hydrogen) atoms. The number of nitrogens with two attached hydrogens (primary N) is 1. The van der Waals surface area contributed by atoms with E-state index in [-0.39, 0.29) is 0 Å². The number of nitrogens with zero attached hydrogens (tertiary/aromatic N) is 3. The summed E-state index contributed by atoms with van der Waals surface area (Å²) in [6.45, 7) is 0. The summed E-state index contributed by atoms with van der Waals surface area (Å²) in [7, 11) is 6.38. The minimum absolute atomic E-state index is 0.330. The van der Waals surface area contributed by atoms with Gasteiger partial charge in [0.15, 0.2) is 17.1 Å². The summed E-state index contributed by atoms with van der Waals surface area (Å²) in [6, 6.07) is 11.3. The number of benzene rings is 2. The van der Waals surface area contributed by atoms with Gasteiger partial charge in [-0.15, -0.1) is 0 Å². The van der Waals surface area contributed by atoms with Crippen LogP contribution in [0.5, 0.6) is 23.0 Å². The predicted molar refractivity (Wildman–Crippen MR) is 127 cm³/mol. The average molecular weight is 497 g/mol. The van der Waals surface area contributed by atoms with E-state index >= 15 is 0 Å². The van der Waals surface area contributed by atoms with Crippen molar-refractivity contribution in [1.29, 1.82) is 0 Å². The molecular weight excluding hydrogens is 476 g/mol. The number of fused-ring (bicyclic) bond motifs is 1. The van der Waals surface area contributed by atoms with Crippen molar-refractivity contribution in [3.63, 3.8) is 0 Å². The van der Waals surface area contributed by atoms with E-state index in [1.807, 2.05) is 36.4 Å². The Morgan fingerprint density at radius 1 is 0.812 bits per heavy atom. The molecule has 0 aliphatic rings. The summed E-state index contributed by atoms with van der Waals surface area (Å²) < 4.78 is 22.6. The van der Waals surface area contributed by atoms with Gasteiger partial charge in [-0.25, -0.2) is 15.0 Å². The van der Waals surface area contributed by atoms with Crippen molar-refractivity contribution in [2.75, 3.05) is 34.2 Å². The van der Waals surface area contributed by atoms with Crippen molar-refractivity contribution in [3.05, 3.63) is 47.2 Å². The van der Waals surface area contributed by atoms with Gasteiger partial charge in [-0.3, -0.25) is 0 Å². The highest BCUT2D eigenvalue weighted by atomic mass is 79.9. The maximum Gasteiger partial charge on any atom is 0.174 e. The molecule has 0 spiro atoms. The van der Waals surface area contributed by atoms with E-state index in [0.29, 0.717) is 45.5 Å². The second-order valence-corrected chi connectivity index (χ2v) is 7.63. The Morgan fingerprint density at radius 2 is 1.59 bits per heavy atom. The number of methoxy groups -OCH3 is 4. The van der Waals surface area contributed by atoms with E-state index < -0.39 is 0 Å². The summed E-state index contributed by atoms with van der Waals surface area (Å²) in [5, 5.41) is 0.642. The van der Waals surface area contributed by atoms with Crippen LogP contribution >= 0.6 is 15.9 Å².